The average Bonchev–Trinajstić information content (AvgIpc) is 1.60. The fraction of sp³-hybridized carbons (Fsp3) is 0.226. The number of ether oxygens (including phenoxy) is 1. The van der Waals surface area contributed by atoms with E-state index in [0.717, 1.165) is 79.4 Å². The van der Waals surface area contributed by atoms with Gasteiger partial charge in [0.1, 0.15) is 13.1 Å². The number of carbonyl (C=O) groups is 2. The lowest BCUT2D eigenvalue weighted by atomic mass is 9.95. The maximum absolute atomic E-state index is 12.0. The van der Waals surface area contributed by atoms with Crippen molar-refractivity contribution in [2.75, 3.05) is 20.3 Å². The van der Waals surface area contributed by atoms with Gasteiger partial charge in [0.15, 0.2) is 32.6 Å². The number of aromatic nitrogens is 6. The molecule has 0 saturated heterocycles. The molecule has 20 rings (SSSR count). The molecule has 4 aliphatic carbocycles. The summed E-state index contributed by atoms with van der Waals surface area (Å²) in [6.07, 6.45) is 19.5. The quantitative estimate of drug-likeness (QED) is 0.0980. The summed E-state index contributed by atoms with van der Waals surface area (Å²) in [7, 11) is 1.68. The van der Waals surface area contributed by atoms with Crippen molar-refractivity contribution in [1.29, 1.82) is 0 Å². The van der Waals surface area contributed by atoms with Crippen LogP contribution in [0.2, 0.25) is 0 Å². The maximum atomic E-state index is 12.0. The van der Waals surface area contributed by atoms with Crippen molar-refractivity contribution in [3.8, 4) is 22.3 Å². The molecule has 18 nitrogen and oxygen atoms in total. The monoisotopic (exact) mass is 1650 g/mol. The van der Waals surface area contributed by atoms with Gasteiger partial charge in [-0.3, -0.25) is 38.4 Å². The molecule has 0 aliphatic heterocycles. The molecule has 6 aromatic heterocycles. The third kappa shape index (κ3) is 20.0. The summed E-state index contributed by atoms with van der Waals surface area (Å²) in [5, 5.41) is 22.1. The van der Waals surface area contributed by atoms with E-state index in [2.05, 4.69) is 131 Å². The van der Waals surface area contributed by atoms with Gasteiger partial charge in [0.05, 0.1) is 46.3 Å². The Morgan fingerprint density at radius 2 is 0.694 bits per heavy atom. The summed E-state index contributed by atoms with van der Waals surface area (Å²) in [4.78, 5) is 92.9. The minimum absolute atomic E-state index is 0.00341. The van der Waals surface area contributed by atoms with Gasteiger partial charge in [0, 0.05) is 142 Å². The predicted octanol–water partition coefficient (Wildman–Crippen LogP) is 19.1. The lowest BCUT2D eigenvalue weighted by molar-refractivity contribution is -0.137. The van der Waals surface area contributed by atoms with Crippen molar-refractivity contribution in [3.05, 3.63) is 403 Å². The summed E-state index contributed by atoms with van der Waals surface area (Å²) in [5.74, 6) is 0.0871. The van der Waals surface area contributed by atoms with E-state index >= 15 is 0 Å². The first kappa shape index (κ1) is 87.9. The molecule has 1 amide bonds. The number of nitrogens with two attached hydrogens (primary N) is 1. The number of methoxy groups -OCH3 is 1. The number of aliphatic hydroxyl groups excluding tert-OH is 1. The number of carboxylic acids is 1. The minimum Gasteiger partial charge on any atom is -0.480 e. The van der Waals surface area contributed by atoms with Crippen LogP contribution in [-0.2, 0) is 47.0 Å². The Kier molecular flexibility index (Phi) is 28.5. The van der Waals surface area contributed by atoms with Crippen LogP contribution in [0.4, 0.5) is 0 Å². The SMILES string of the molecule is CC=C1c2ccccc2-c2ccccc21.CCC1c2ccccc2-c2ccccc21.COCCn1cc(C)c(=O)c2ccccc21.Cc1cn(C2CC2)c2ccccc2c1=O.Cc1cn(CC(=O)O)c2ccccc2c1=O.Cc1cn(CC(N)=O)c2ccccc2c1=O.Cc1cn(CC2CC2)c2ccccc2c1=O.Cc1cn(CCO)c2ccccc2c1=O. The number of pyridine rings is 6. The third-order valence-corrected chi connectivity index (χ3v) is 22.9. The van der Waals surface area contributed by atoms with Crippen LogP contribution in [0, 0.1) is 47.5 Å². The van der Waals surface area contributed by atoms with Crippen molar-refractivity contribution in [2.24, 2.45) is 11.7 Å². The molecular weight excluding hydrogens is 1550 g/mol. The van der Waals surface area contributed by atoms with Crippen LogP contribution >= 0.6 is 0 Å². The summed E-state index contributed by atoms with van der Waals surface area (Å²) in [5.41, 5.74) is 28.0. The maximum Gasteiger partial charge on any atom is 0.323 e. The van der Waals surface area contributed by atoms with Crippen LogP contribution < -0.4 is 38.3 Å². The number of amides is 1. The molecule has 10 aromatic carbocycles. The van der Waals surface area contributed by atoms with E-state index < -0.39 is 11.9 Å². The van der Waals surface area contributed by atoms with E-state index in [9.17, 15) is 38.4 Å². The van der Waals surface area contributed by atoms with Crippen molar-refractivity contribution in [1.82, 2.24) is 27.4 Å². The second-order valence-corrected chi connectivity index (χ2v) is 31.8. The third-order valence-electron chi connectivity index (χ3n) is 22.9. The standard InChI is InChI=1S/C15H14.C15H12.C14H15NO.C13H15NO2.C13H13NO.C12H12N2O2.C12H11NO3.C12H13NO2/c2*1-2-11-12-7-3-5-9-14(12)15-10-6-4-8-13(11)15;1-10-8-15(9-11-6-7-11)13-5-3-2-4-12(13)14(10)16;1-10-9-14(7-8-16-2)12-6-4-3-5-11(12)13(10)15;1-9-8-14(10-6-7-10)12-5-3-2-4-11(12)13(9)15;1-8-6-14(7-11(13)15)10-5-3-2-4-9(10)12(8)16;1-8-6-13(7-11(14)15)10-5-3-2-4-9(10)12(8)16;1-9-8-13(6-7-14)11-5-3-2-4-10(11)12(9)15/h3-11H,2H2,1H3;2-10H,1H3;2-5,8,11H,6-7,9H2,1H3;3-6,9H,7-8H2,1-2H3;2-5,8,10H,6-7H2,1H3;2-6H,7H2,1H3,(H2,13,15);2-6H,7H2,1H3,(H,14,15);2-5,8,14H,6-7H2,1H3. The lowest BCUT2D eigenvalue weighted by Crippen LogP contribution is -2.21. The number of benzene rings is 10. The van der Waals surface area contributed by atoms with Gasteiger partial charge in [-0.1, -0.05) is 183 Å². The van der Waals surface area contributed by atoms with E-state index in [1.54, 1.807) is 98.1 Å². The highest BCUT2D eigenvalue weighted by atomic mass is 16.5. The van der Waals surface area contributed by atoms with Gasteiger partial charge >= 0.3 is 5.97 Å². The number of allylic oxidation sites excluding steroid dienone is 1. The molecule has 2 fully saturated rings. The van der Waals surface area contributed by atoms with E-state index in [-0.39, 0.29) is 52.3 Å². The fourth-order valence-corrected chi connectivity index (χ4v) is 16.6. The molecule has 4 N–H and O–H groups in total. The van der Waals surface area contributed by atoms with E-state index in [1.807, 2.05) is 147 Å². The van der Waals surface area contributed by atoms with E-state index in [4.69, 9.17) is 20.7 Å². The van der Waals surface area contributed by atoms with Gasteiger partial charge in [0.2, 0.25) is 5.91 Å². The van der Waals surface area contributed by atoms with Crippen LogP contribution in [0.15, 0.2) is 315 Å². The first-order valence-corrected chi connectivity index (χ1v) is 42.2. The summed E-state index contributed by atoms with van der Waals surface area (Å²) < 4.78 is 16.8. The fourth-order valence-electron chi connectivity index (χ4n) is 16.6. The minimum atomic E-state index is -0.923. The van der Waals surface area contributed by atoms with Gasteiger partial charge in [-0.25, -0.2) is 0 Å². The molecule has 0 unspecified atom stereocenters. The van der Waals surface area contributed by atoms with Crippen LogP contribution in [0.25, 0.3) is 93.2 Å². The Hall–Kier alpha value is -13.9. The van der Waals surface area contributed by atoms with Crippen molar-refractivity contribution in [2.45, 2.75) is 132 Å². The molecule has 0 radical (unpaired) electrons. The largest absolute Gasteiger partial charge is 0.480 e. The molecule has 630 valence electrons. The molecule has 124 heavy (non-hydrogen) atoms. The Bertz CT molecular complexity index is 6870. The number of primary amides is 1. The highest BCUT2D eigenvalue weighted by molar-refractivity contribution is 6.01. The Labute approximate surface area is 719 Å². The first-order chi connectivity index (χ1) is 60.0. The highest BCUT2D eigenvalue weighted by Gasteiger charge is 2.28. The average molecular weight is 1650 g/mol. The predicted molar refractivity (Wildman–Crippen MR) is 503 cm³/mol. The number of carbonyl (C=O) groups excluding carboxylic acids is 1. The van der Waals surface area contributed by atoms with Crippen LogP contribution in [0.5, 0.6) is 0 Å². The zero-order valence-corrected chi connectivity index (χ0v) is 71.7. The Morgan fingerprint density at radius 3 is 1.05 bits per heavy atom. The van der Waals surface area contributed by atoms with Gasteiger partial charge in [-0.2, -0.15) is 0 Å². The number of hydrogen-bond acceptors (Lipinski definition) is 10. The zero-order chi connectivity index (χ0) is 87.8. The zero-order valence-electron chi connectivity index (χ0n) is 71.7. The second kappa shape index (κ2) is 40.2. The normalized spacial score (nSPS) is 12.5. The number of hydrogen-bond donors (Lipinski definition) is 3. The number of nitrogens with zero attached hydrogens (tertiary/aromatic N) is 6. The molecule has 16 aromatic rings. The number of aliphatic hydroxyl groups is 1. The Morgan fingerprint density at radius 1 is 0.387 bits per heavy atom. The van der Waals surface area contributed by atoms with Crippen molar-refractivity contribution < 1.29 is 24.5 Å². The molecule has 18 heteroatoms. The number of aryl methyl sites for hydroxylation is 6. The number of aliphatic carboxylic acids is 1. The highest BCUT2D eigenvalue weighted by Crippen LogP contribution is 2.46. The lowest BCUT2D eigenvalue weighted by Gasteiger charge is -2.11. The van der Waals surface area contributed by atoms with E-state index in [1.165, 1.54) is 82.2 Å². The van der Waals surface area contributed by atoms with Crippen molar-refractivity contribution >= 4 is 82.9 Å². The topological polar surface area (TPSA) is 242 Å². The van der Waals surface area contributed by atoms with Crippen LogP contribution in [0.3, 0.4) is 0 Å². The van der Waals surface area contributed by atoms with Gasteiger partial charge < -0.3 is 48.1 Å². The summed E-state index contributed by atoms with van der Waals surface area (Å²) in [6.45, 7) is 18.2. The van der Waals surface area contributed by atoms with Crippen molar-refractivity contribution in [3.63, 3.8) is 0 Å². The second-order valence-electron chi connectivity index (χ2n) is 31.8. The van der Waals surface area contributed by atoms with Crippen LogP contribution in [-0.4, -0.2) is 69.8 Å². The number of carboxylic acid groups (broad SMARTS) is 1. The smallest absolute Gasteiger partial charge is 0.323 e. The van der Waals surface area contributed by atoms with Crippen LogP contribution in [0.1, 0.15) is 114 Å². The molecule has 6 heterocycles. The number of rotatable bonds is 13. The molecule has 0 bridgehead atoms. The first-order valence-electron chi connectivity index (χ1n) is 42.2. The molecular formula is C106H105N7O11. The molecule has 0 atom stereocenters. The Balaban J connectivity index is 0.000000122. The van der Waals surface area contributed by atoms with Gasteiger partial charge in [0.25, 0.3) is 0 Å². The van der Waals surface area contributed by atoms with Gasteiger partial charge in [-0.05, 0) is 209 Å². The molecule has 2 saturated carbocycles. The summed E-state index contributed by atoms with van der Waals surface area (Å²) >= 11 is 0. The van der Waals surface area contributed by atoms with E-state index in [0.29, 0.717) is 63.5 Å². The number of para-hydroxylation sites is 6. The van der Waals surface area contributed by atoms with Gasteiger partial charge in [-0.15, -0.1) is 0 Å². The molecule has 4 aliphatic rings. The molecule has 0 spiro atoms. The summed E-state index contributed by atoms with van der Waals surface area (Å²) in [6, 6.07) is 80.5. The number of fused-ring (bicyclic) bond motifs is 12.